The van der Waals surface area contributed by atoms with Crippen LogP contribution < -0.4 is 5.32 Å². The van der Waals surface area contributed by atoms with Crippen LogP contribution in [0.4, 0.5) is 0 Å². The molecular formula is C19H29N. The van der Waals surface area contributed by atoms with Crippen molar-refractivity contribution in [3.05, 3.63) is 41.5 Å². The zero-order valence-electron chi connectivity index (χ0n) is 13.5. The number of rotatable bonds is 5. The summed E-state index contributed by atoms with van der Waals surface area (Å²) in [4.78, 5) is 0. The zero-order chi connectivity index (χ0) is 14.6. The third-order valence-corrected chi connectivity index (χ3v) is 4.17. The molecule has 0 atom stereocenters. The van der Waals surface area contributed by atoms with Gasteiger partial charge in [-0.15, -0.1) is 0 Å². The van der Waals surface area contributed by atoms with Crippen LogP contribution in [0.5, 0.6) is 0 Å². The molecule has 1 aromatic rings. The van der Waals surface area contributed by atoms with Gasteiger partial charge in [0.25, 0.3) is 0 Å². The summed E-state index contributed by atoms with van der Waals surface area (Å²) in [7, 11) is 0. The first-order chi connectivity index (χ1) is 9.46. The maximum Gasteiger partial charge on any atom is 0.00966 e. The molecule has 0 unspecified atom stereocenters. The number of nitrogens with one attached hydrogen (secondary N) is 1. The fourth-order valence-electron chi connectivity index (χ4n) is 2.63. The first-order valence-corrected chi connectivity index (χ1v) is 7.98. The van der Waals surface area contributed by atoms with E-state index >= 15 is 0 Å². The molecule has 1 nitrogen and oxygen atoms in total. The van der Waals surface area contributed by atoms with Crippen LogP contribution in [0.1, 0.15) is 70.4 Å². The molecule has 110 valence electrons. The van der Waals surface area contributed by atoms with Gasteiger partial charge in [0, 0.05) is 5.54 Å². The van der Waals surface area contributed by atoms with Crippen molar-refractivity contribution in [3.63, 3.8) is 0 Å². The summed E-state index contributed by atoms with van der Waals surface area (Å²) in [6, 6.07) is 9.15. The topological polar surface area (TPSA) is 12.0 Å². The van der Waals surface area contributed by atoms with Crippen LogP contribution in [0, 0.1) is 0 Å². The van der Waals surface area contributed by atoms with Crippen molar-refractivity contribution in [3.8, 4) is 0 Å². The molecule has 0 aromatic heterocycles. The molecule has 0 spiro atoms. The molecule has 1 saturated carbocycles. The smallest absolute Gasteiger partial charge is 0.00966 e. The lowest BCUT2D eigenvalue weighted by molar-refractivity contribution is 0.419. The fraction of sp³-hybridized carbons (Fsp3) is 0.579. The minimum Gasteiger partial charge on any atom is -0.312 e. The SMILES string of the molecule is C/C(=C/CCNC(C)(C)C)c1cccc(C2CCC2)c1. The molecule has 2 rings (SSSR count). The molecular weight excluding hydrogens is 242 g/mol. The van der Waals surface area contributed by atoms with Crippen LogP contribution in [-0.4, -0.2) is 12.1 Å². The van der Waals surface area contributed by atoms with Gasteiger partial charge in [0.15, 0.2) is 0 Å². The molecule has 1 heteroatoms. The van der Waals surface area contributed by atoms with Crippen molar-refractivity contribution in [1.29, 1.82) is 0 Å². The fourth-order valence-corrected chi connectivity index (χ4v) is 2.63. The zero-order valence-corrected chi connectivity index (χ0v) is 13.5. The van der Waals surface area contributed by atoms with Crippen molar-refractivity contribution in [1.82, 2.24) is 5.32 Å². The lowest BCUT2D eigenvalue weighted by Crippen LogP contribution is -2.36. The third kappa shape index (κ3) is 4.49. The van der Waals surface area contributed by atoms with Gasteiger partial charge in [0.2, 0.25) is 0 Å². The summed E-state index contributed by atoms with van der Waals surface area (Å²) < 4.78 is 0. The second-order valence-corrected chi connectivity index (χ2v) is 7.11. The highest BCUT2D eigenvalue weighted by Gasteiger charge is 2.19. The van der Waals surface area contributed by atoms with Crippen LogP contribution in [0.25, 0.3) is 5.57 Å². The maximum absolute atomic E-state index is 3.53. The first kappa shape index (κ1) is 15.3. The average Bonchev–Trinajstić information content (AvgIpc) is 2.31. The highest BCUT2D eigenvalue weighted by atomic mass is 14.9. The molecule has 0 aliphatic heterocycles. The van der Waals surface area contributed by atoms with E-state index in [-0.39, 0.29) is 5.54 Å². The summed E-state index contributed by atoms with van der Waals surface area (Å²) in [6.07, 6.45) is 7.61. The highest BCUT2D eigenvalue weighted by Crippen LogP contribution is 2.37. The predicted molar refractivity (Wildman–Crippen MR) is 89.1 cm³/mol. The van der Waals surface area contributed by atoms with E-state index < -0.39 is 0 Å². The van der Waals surface area contributed by atoms with E-state index in [4.69, 9.17) is 0 Å². The van der Waals surface area contributed by atoms with Gasteiger partial charge in [0.1, 0.15) is 0 Å². The molecule has 0 heterocycles. The molecule has 0 amide bonds. The van der Waals surface area contributed by atoms with E-state index in [1.807, 2.05) is 0 Å². The summed E-state index contributed by atoms with van der Waals surface area (Å²) in [5.41, 5.74) is 4.55. The highest BCUT2D eigenvalue weighted by molar-refractivity contribution is 5.64. The van der Waals surface area contributed by atoms with Crippen molar-refractivity contribution in [2.75, 3.05) is 6.54 Å². The molecule has 1 aliphatic carbocycles. The molecule has 20 heavy (non-hydrogen) atoms. The van der Waals surface area contributed by atoms with Crippen LogP contribution in [0.2, 0.25) is 0 Å². The quantitative estimate of drug-likeness (QED) is 0.732. The molecule has 0 radical (unpaired) electrons. The van der Waals surface area contributed by atoms with Crippen molar-refractivity contribution in [2.45, 2.75) is 64.8 Å². The van der Waals surface area contributed by atoms with E-state index in [9.17, 15) is 0 Å². The number of hydrogen-bond acceptors (Lipinski definition) is 1. The summed E-state index contributed by atoms with van der Waals surface area (Å²) >= 11 is 0. The van der Waals surface area contributed by atoms with E-state index in [1.165, 1.54) is 36.0 Å². The lowest BCUT2D eigenvalue weighted by Gasteiger charge is -2.26. The van der Waals surface area contributed by atoms with Gasteiger partial charge >= 0.3 is 0 Å². The average molecular weight is 271 g/mol. The summed E-state index contributed by atoms with van der Waals surface area (Å²) in [5.74, 6) is 0.824. The van der Waals surface area contributed by atoms with Gasteiger partial charge in [0.05, 0.1) is 0 Å². The predicted octanol–water partition coefficient (Wildman–Crippen LogP) is 5.14. The Morgan fingerprint density at radius 2 is 2.05 bits per heavy atom. The van der Waals surface area contributed by atoms with Gasteiger partial charge in [-0.05, 0) is 76.1 Å². The van der Waals surface area contributed by atoms with Gasteiger partial charge in [-0.3, -0.25) is 0 Å². The Balaban J connectivity index is 1.92. The third-order valence-electron chi connectivity index (χ3n) is 4.17. The van der Waals surface area contributed by atoms with E-state index in [0.29, 0.717) is 0 Å². The van der Waals surface area contributed by atoms with Crippen LogP contribution in [-0.2, 0) is 0 Å². The Labute approximate surface area is 124 Å². The summed E-state index contributed by atoms with van der Waals surface area (Å²) in [5, 5.41) is 3.53. The number of benzene rings is 1. The number of allylic oxidation sites excluding steroid dienone is 1. The molecule has 1 fully saturated rings. The standard InChI is InChI=1S/C19H29N/c1-15(8-7-13-20-19(2,3)4)17-11-6-12-18(14-17)16-9-5-10-16/h6,8,11-12,14,16,20H,5,7,9-10,13H2,1-4H3/b15-8-. The van der Waals surface area contributed by atoms with Gasteiger partial charge in [-0.2, -0.15) is 0 Å². The normalized spacial score (nSPS) is 17.1. The molecule has 1 N–H and O–H groups in total. The molecule has 0 bridgehead atoms. The van der Waals surface area contributed by atoms with E-state index in [1.54, 1.807) is 0 Å². The van der Waals surface area contributed by atoms with Crippen LogP contribution in [0.15, 0.2) is 30.3 Å². The Morgan fingerprint density at radius 1 is 1.30 bits per heavy atom. The molecule has 1 aromatic carbocycles. The van der Waals surface area contributed by atoms with Gasteiger partial charge in [-0.25, -0.2) is 0 Å². The Morgan fingerprint density at radius 3 is 2.65 bits per heavy atom. The monoisotopic (exact) mass is 271 g/mol. The first-order valence-electron chi connectivity index (χ1n) is 7.98. The van der Waals surface area contributed by atoms with Gasteiger partial charge < -0.3 is 5.32 Å². The summed E-state index contributed by atoms with van der Waals surface area (Å²) in [6.45, 7) is 9.92. The van der Waals surface area contributed by atoms with Gasteiger partial charge in [-0.1, -0.05) is 36.8 Å². The second kappa shape index (κ2) is 6.58. The van der Waals surface area contributed by atoms with Crippen molar-refractivity contribution >= 4 is 5.57 Å². The number of hydrogen-bond donors (Lipinski definition) is 1. The molecule has 1 aliphatic rings. The minimum absolute atomic E-state index is 0.214. The Bertz CT molecular complexity index is 461. The van der Waals surface area contributed by atoms with E-state index in [2.05, 4.69) is 63.4 Å². The van der Waals surface area contributed by atoms with E-state index in [0.717, 1.165) is 18.9 Å². The largest absolute Gasteiger partial charge is 0.312 e. The van der Waals surface area contributed by atoms with Crippen molar-refractivity contribution < 1.29 is 0 Å². The Hall–Kier alpha value is -1.08. The molecule has 0 saturated heterocycles. The second-order valence-electron chi connectivity index (χ2n) is 7.11. The van der Waals surface area contributed by atoms with Crippen LogP contribution in [0.3, 0.4) is 0 Å². The lowest BCUT2D eigenvalue weighted by atomic mass is 9.79. The Kier molecular flexibility index (Phi) is 5.04. The maximum atomic E-state index is 3.53. The minimum atomic E-state index is 0.214. The van der Waals surface area contributed by atoms with Crippen LogP contribution >= 0.6 is 0 Å². The van der Waals surface area contributed by atoms with Crippen molar-refractivity contribution in [2.24, 2.45) is 0 Å².